The van der Waals surface area contributed by atoms with Gasteiger partial charge in [0.15, 0.2) is 0 Å². The lowest BCUT2D eigenvalue weighted by atomic mass is 10.1. The van der Waals surface area contributed by atoms with Crippen molar-refractivity contribution in [3.63, 3.8) is 0 Å². The van der Waals surface area contributed by atoms with Gasteiger partial charge in [-0.2, -0.15) is 0 Å². The molecular weight excluding hydrogens is 865 g/mol. The second-order valence-corrected chi connectivity index (χ2v) is 17.6. The van der Waals surface area contributed by atoms with Crippen LogP contribution in [0, 0.1) is 0 Å². The molecule has 10 nitrogen and oxygen atoms in total. The molecule has 0 amide bonds. The molecule has 0 bridgehead atoms. The van der Waals surface area contributed by atoms with E-state index in [2.05, 4.69) is 13.8 Å². The van der Waals surface area contributed by atoms with E-state index in [9.17, 15) is 19.2 Å². The average Bonchev–Trinajstić information content (AvgIpc) is 3.80. The molecule has 0 fully saturated rings. The van der Waals surface area contributed by atoms with Gasteiger partial charge in [-0.05, 0) is 128 Å². The maximum atomic E-state index is 13.2. The van der Waals surface area contributed by atoms with E-state index in [0.29, 0.717) is 56.6 Å². The zero-order valence-corrected chi connectivity index (χ0v) is 39.6. The average molecular weight is 927 g/mol. The molecule has 0 aliphatic carbocycles. The van der Waals surface area contributed by atoms with Crippen molar-refractivity contribution in [2.45, 2.75) is 117 Å². The number of esters is 4. The fourth-order valence-electron chi connectivity index (χ4n) is 7.33. The van der Waals surface area contributed by atoms with E-state index in [1.807, 2.05) is 6.07 Å². The van der Waals surface area contributed by atoms with E-state index in [1.165, 1.54) is 113 Å². The summed E-state index contributed by atoms with van der Waals surface area (Å²) in [6.45, 7) is 5.73. The van der Waals surface area contributed by atoms with E-state index >= 15 is 0 Å². The molecule has 0 aliphatic rings. The highest BCUT2D eigenvalue weighted by molar-refractivity contribution is 7.20. The van der Waals surface area contributed by atoms with Crippen LogP contribution in [0.25, 0.3) is 10.1 Å². The predicted octanol–water partition coefficient (Wildman–Crippen LogP) is 14.8. The Hall–Kier alpha value is -6.46. The Morgan fingerprint density at radius 1 is 0.388 bits per heavy atom. The number of thiophene rings is 1. The molecule has 0 saturated carbocycles. The lowest BCUT2D eigenvalue weighted by Gasteiger charge is -2.09. The van der Waals surface area contributed by atoms with Gasteiger partial charge in [0.25, 0.3) is 0 Å². The first-order valence-corrected chi connectivity index (χ1v) is 24.7. The van der Waals surface area contributed by atoms with Crippen LogP contribution in [0.5, 0.6) is 34.5 Å². The SMILES string of the molecule is CCCCCCCCCCOc1ccc(C(=O)Oc2ccc(OC(=O)c3cc4c(OC(=O)c5ccc(OC(=O)c6ccc(OCCCCCCCCCC)cc6)cc5)cccc4s3)cc2)cc1. The van der Waals surface area contributed by atoms with Crippen LogP contribution in [0.1, 0.15) is 157 Å². The summed E-state index contributed by atoms with van der Waals surface area (Å²) in [5.74, 6) is 0.215. The van der Waals surface area contributed by atoms with Crippen molar-refractivity contribution in [3.05, 3.63) is 143 Å². The number of carbonyl (C=O) groups excluding carboxylic acids is 4. The van der Waals surface area contributed by atoms with Crippen LogP contribution >= 0.6 is 11.3 Å². The van der Waals surface area contributed by atoms with Crippen LogP contribution < -0.4 is 28.4 Å². The van der Waals surface area contributed by atoms with Crippen molar-refractivity contribution >= 4 is 45.3 Å². The maximum Gasteiger partial charge on any atom is 0.353 e. The monoisotopic (exact) mass is 926 g/mol. The van der Waals surface area contributed by atoms with E-state index in [0.717, 1.165) is 25.7 Å². The normalized spacial score (nSPS) is 11.0. The second-order valence-electron chi connectivity index (χ2n) is 16.5. The number of carbonyl (C=O) groups is 4. The van der Waals surface area contributed by atoms with Gasteiger partial charge in [0.2, 0.25) is 0 Å². The fourth-order valence-corrected chi connectivity index (χ4v) is 8.29. The maximum absolute atomic E-state index is 13.2. The van der Waals surface area contributed by atoms with Crippen LogP contribution in [0.15, 0.2) is 121 Å². The van der Waals surface area contributed by atoms with E-state index in [1.54, 1.807) is 91.0 Å². The van der Waals surface area contributed by atoms with Gasteiger partial charge in [0.05, 0.1) is 29.9 Å². The summed E-state index contributed by atoms with van der Waals surface area (Å²) in [7, 11) is 0. The molecule has 6 aromatic rings. The van der Waals surface area contributed by atoms with Gasteiger partial charge < -0.3 is 28.4 Å². The zero-order valence-electron chi connectivity index (χ0n) is 38.8. The van der Waals surface area contributed by atoms with Crippen molar-refractivity contribution < 1.29 is 47.6 Å². The molecule has 0 radical (unpaired) electrons. The topological polar surface area (TPSA) is 124 Å². The third kappa shape index (κ3) is 16.4. The second kappa shape index (κ2) is 27.2. The Morgan fingerprint density at radius 2 is 0.746 bits per heavy atom. The van der Waals surface area contributed by atoms with Gasteiger partial charge in [-0.15, -0.1) is 11.3 Å². The highest BCUT2D eigenvalue weighted by Crippen LogP contribution is 2.34. The molecule has 0 N–H and O–H groups in total. The fraction of sp³-hybridized carbons (Fsp3) is 0.357. The van der Waals surface area contributed by atoms with Crippen molar-refractivity contribution in [2.24, 2.45) is 0 Å². The van der Waals surface area contributed by atoms with Gasteiger partial charge in [-0.1, -0.05) is 110 Å². The minimum atomic E-state index is -0.626. The van der Waals surface area contributed by atoms with Gasteiger partial charge in [0, 0.05) is 10.1 Å². The first-order valence-electron chi connectivity index (χ1n) is 23.9. The highest BCUT2D eigenvalue weighted by atomic mass is 32.1. The summed E-state index contributed by atoms with van der Waals surface area (Å²) >= 11 is 1.20. The quantitative estimate of drug-likeness (QED) is 0.0267. The summed E-state index contributed by atoms with van der Waals surface area (Å²) in [5.41, 5.74) is 0.998. The Morgan fingerprint density at radius 3 is 1.18 bits per heavy atom. The summed E-state index contributed by atoms with van der Waals surface area (Å²) in [4.78, 5) is 52.4. The van der Waals surface area contributed by atoms with Crippen LogP contribution in [0.2, 0.25) is 0 Å². The van der Waals surface area contributed by atoms with Crippen molar-refractivity contribution in [1.82, 2.24) is 0 Å². The van der Waals surface area contributed by atoms with Crippen LogP contribution in [0.3, 0.4) is 0 Å². The Balaban J connectivity index is 0.922. The van der Waals surface area contributed by atoms with Crippen LogP contribution in [0.4, 0.5) is 0 Å². The molecule has 67 heavy (non-hydrogen) atoms. The van der Waals surface area contributed by atoms with E-state index < -0.39 is 23.9 Å². The van der Waals surface area contributed by atoms with Crippen molar-refractivity contribution in [2.75, 3.05) is 13.2 Å². The molecule has 1 aromatic heterocycles. The Bertz CT molecular complexity index is 2460. The smallest absolute Gasteiger partial charge is 0.353 e. The number of hydrogen-bond acceptors (Lipinski definition) is 11. The van der Waals surface area contributed by atoms with Crippen LogP contribution in [-0.2, 0) is 0 Å². The molecule has 11 heteroatoms. The minimum absolute atomic E-state index is 0.242. The molecule has 6 rings (SSSR count). The molecule has 5 aromatic carbocycles. The molecule has 352 valence electrons. The Kier molecular flexibility index (Phi) is 20.3. The van der Waals surface area contributed by atoms with E-state index in [4.69, 9.17) is 28.4 Å². The number of rotatable bonds is 28. The summed E-state index contributed by atoms with van der Waals surface area (Å²) in [6, 6.07) is 32.8. The summed E-state index contributed by atoms with van der Waals surface area (Å²) < 4.78 is 34.9. The molecule has 0 saturated heterocycles. The Labute approximate surface area is 398 Å². The largest absolute Gasteiger partial charge is 0.494 e. The lowest BCUT2D eigenvalue weighted by Crippen LogP contribution is -2.10. The zero-order chi connectivity index (χ0) is 47.1. The van der Waals surface area contributed by atoms with Gasteiger partial charge in [-0.3, -0.25) is 0 Å². The summed E-state index contributed by atoms with van der Waals surface area (Å²) in [5, 5.41) is 0.563. The minimum Gasteiger partial charge on any atom is -0.494 e. The lowest BCUT2D eigenvalue weighted by molar-refractivity contribution is 0.0721. The first kappa shape index (κ1) is 50.0. The molecule has 0 aliphatic heterocycles. The van der Waals surface area contributed by atoms with Crippen molar-refractivity contribution in [1.29, 1.82) is 0 Å². The number of ether oxygens (including phenoxy) is 6. The molecule has 1 heterocycles. The standard InChI is InChI=1S/C56H62O10S/c1-3-5-7-9-11-13-15-17-38-61-44-28-22-41(23-29-44)53(57)63-46-32-26-43(27-33-46)55(59)66-50-20-19-21-51-49(50)40-52(67-51)56(60)65-48-36-34-47(35-37-48)64-54(58)42-24-30-45(31-25-42)62-39-18-16-14-12-10-8-6-4-2/h19-37,40H,3-18,38-39H2,1-2H3. The predicted molar refractivity (Wildman–Crippen MR) is 264 cm³/mol. The first-order chi connectivity index (χ1) is 32.8. The highest BCUT2D eigenvalue weighted by Gasteiger charge is 2.19. The number of benzene rings is 5. The molecular formula is C56H62O10S. The van der Waals surface area contributed by atoms with Gasteiger partial charge >= 0.3 is 23.9 Å². The van der Waals surface area contributed by atoms with Gasteiger partial charge in [0.1, 0.15) is 39.4 Å². The van der Waals surface area contributed by atoms with E-state index in [-0.39, 0.29) is 22.8 Å². The number of hydrogen-bond donors (Lipinski definition) is 0. The molecule has 0 unspecified atom stereocenters. The molecule has 0 atom stereocenters. The van der Waals surface area contributed by atoms with Crippen LogP contribution in [-0.4, -0.2) is 37.1 Å². The number of fused-ring (bicyclic) bond motifs is 1. The third-order valence-electron chi connectivity index (χ3n) is 11.2. The third-order valence-corrected chi connectivity index (χ3v) is 12.3. The van der Waals surface area contributed by atoms with Crippen molar-refractivity contribution in [3.8, 4) is 34.5 Å². The van der Waals surface area contributed by atoms with Gasteiger partial charge in [-0.25, -0.2) is 19.2 Å². The number of unbranched alkanes of at least 4 members (excludes halogenated alkanes) is 14. The molecule has 0 spiro atoms. The summed E-state index contributed by atoms with van der Waals surface area (Å²) in [6.07, 6.45) is 19.7.